The van der Waals surface area contributed by atoms with Gasteiger partial charge in [0.2, 0.25) is 0 Å². The number of carbonyl (C=O) groups is 1. The molecule has 0 unspecified atom stereocenters. The van der Waals surface area contributed by atoms with Crippen LogP contribution >= 0.6 is 30.9 Å². The van der Waals surface area contributed by atoms with Gasteiger partial charge in [-0.3, -0.25) is 14.3 Å². The van der Waals surface area contributed by atoms with Crippen LogP contribution in [0.15, 0.2) is 48.7 Å². The molecule has 43 heavy (non-hydrogen) atoms. The number of hydrogen-bond acceptors (Lipinski definition) is 8. The van der Waals surface area contributed by atoms with E-state index in [9.17, 15) is 13.8 Å². The zero-order chi connectivity index (χ0) is 31.6. The van der Waals surface area contributed by atoms with Crippen molar-refractivity contribution in [3.8, 4) is 5.75 Å². The maximum absolute atomic E-state index is 14.0. The number of fused-ring (bicyclic) bond motifs is 1. The summed E-state index contributed by atoms with van der Waals surface area (Å²) in [6.07, 6.45) is 3.23. The van der Waals surface area contributed by atoms with Crippen LogP contribution in [0.5, 0.6) is 5.75 Å². The van der Waals surface area contributed by atoms with Gasteiger partial charge < -0.3 is 19.5 Å². The average molecular weight is 658 g/mol. The van der Waals surface area contributed by atoms with Crippen molar-refractivity contribution in [1.82, 2.24) is 15.0 Å². The van der Waals surface area contributed by atoms with Crippen LogP contribution in [0.4, 0.5) is 10.1 Å². The van der Waals surface area contributed by atoms with E-state index >= 15 is 0 Å². The Balaban J connectivity index is 1.55. The SMILES string of the molecule is CCN(CCC[C@H](C)Nc1ccnc2cc(Cl)ccc12)CCO[P@@](=O)(N[C@@H](C)C(=O)OC(C)C)Oc1ccc(Cl)c(F)c1. The van der Waals surface area contributed by atoms with Gasteiger partial charge in [0.05, 0.1) is 23.3 Å². The minimum atomic E-state index is -4.11. The monoisotopic (exact) mass is 656 g/mol. The minimum absolute atomic E-state index is 0.0412. The molecular formula is C30H40Cl2FN4O5P. The molecule has 2 aromatic carbocycles. The third-order valence-corrected chi connectivity index (χ3v) is 8.73. The summed E-state index contributed by atoms with van der Waals surface area (Å²) in [4.78, 5) is 18.9. The molecule has 9 nitrogen and oxygen atoms in total. The summed E-state index contributed by atoms with van der Waals surface area (Å²) in [5.41, 5.74) is 1.84. The van der Waals surface area contributed by atoms with E-state index in [1.807, 2.05) is 31.2 Å². The maximum atomic E-state index is 14.0. The number of ether oxygens (including phenoxy) is 1. The normalized spacial score (nSPS) is 14.5. The van der Waals surface area contributed by atoms with Gasteiger partial charge in [-0.1, -0.05) is 30.1 Å². The first-order chi connectivity index (χ1) is 20.4. The van der Waals surface area contributed by atoms with Crippen LogP contribution in [0, 0.1) is 5.82 Å². The van der Waals surface area contributed by atoms with Crippen LogP contribution in [-0.4, -0.2) is 60.3 Å². The number of carbonyl (C=O) groups excluding carboxylic acids is 1. The van der Waals surface area contributed by atoms with Gasteiger partial charge in [0.15, 0.2) is 0 Å². The second-order valence-electron chi connectivity index (χ2n) is 10.5. The number of anilines is 1. The zero-order valence-electron chi connectivity index (χ0n) is 25.1. The summed E-state index contributed by atoms with van der Waals surface area (Å²) in [5, 5.41) is 7.74. The summed E-state index contributed by atoms with van der Waals surface area (Å²) < 4.78 is 44.2. The number of pyridine rings is 1. The molecule has 236 valence electrons. The van der Waals surface area contributed by atoms with Crippen molar-refractivity contribution in [2.24, 2.45) is 0 Å². The van der Waals surface area contributed by atoms with Crippen molar-refractivity contribution in [2.45, 2.75) is 65.6 Å². The van der Waals surface area contributed by atoms with Gasteiger partial charge in [0.1, 0.15) is 17.6 Å². The Kier molecular flexibility index (Phi) is 13.5. The highest BCUT2D eigenvalue weighted by Gasteiger charge is 2.33. The molecule has 0 spiro atoms. The Morgan fingerprint density at radius 2 is 1.86 bits per heavy atom. The highest BCUT2D eigenvalue weighted by molar-refractivity contribution is 7.52. The zero-order valence-corrected chi connectivity index (χ0v) is 27.5. The molecule has 2 N–H and O–H groups in total. The largest absolute Gasteiger partial charge is 0.462 e. The second kappa shape index (κ2) is 16.6. The minimum Gasteiger partial charge on any atom is -0.462 e. The van der Waals surface area contributed by atoms with Crippen molar-refractivity contribution >= 4 is 53.5 Å². The van der Waals surface area contributed by atoms with Gasteiger partial charge in [0, 0.05) is 40.9 Å². The molecule has 13 heteroatoms. The molecule has 0 aliphatic carbocycles. The van der Waals surface area contributed by atoms with Crippen LogP contribution < -0.4 is 14.9 Å². The fourth-order valence-electron chi connectivity index (χ4n) is 4.31. The van der Waals surface area contributed by atoms with E-state index in [1.54, 1.807) is 20.0 Å². The van der Waals surface area contributed by atoms with E-state index in [1.165, 1.54) is 19.1 Å². The molecule has 1 aromatic heterocycles. The highest BCUT2D eigenvalue weighted by atomic mass is 35.5. The standard InChI is InChI=1S/C30H40Cl2FN4O5P/c1-6-37(15-7-8-21(4)35-28-13-14-34-29-18-23(31)9-11-25(28)29)16-17-40-43(39,36-22(5)30(38)41-20(2)3)42-24-10-12-26(32)27(33)19-24/h9-14,18-22H,6-8,15-17H2,1-5H3,(H,34,35)(H,36,39)/t21-,22-,43-/m0/s1. The summed E-state index contributed by atoms with van der Waals surface area (Å²) in [6, 6.07) is 10.5. The topological polar surface area (TPSA) is 102 Å². The number of benzene rings is 2. The van der Waals surface area contributed by atoms with Crippen LogP contribution in [0.2, 0.25) is 10.0 Å². The average Bonchev–Trinajstić information content (AvgIpc) is 2.93. The van der Waals surface area contributed by atoms with Crippen LogP contribution in [0.1, 0.15) is 47.5 Å². The second-order valence-corrected chi connectivity index (χ2v) is 13.0. The van der Waals surface area contributed by atoms with Gasteiger partial charge in [-0.15, -0.1) is 0 Å². The molecule has 0 saturated heterocycles. The van der Waals surface area contributed by atoms with Crippen molar-refractivity contribution < 1.29 is 27.5 Å². The quantitative estimate of drug-likeness (QED) is 0.112. The first-order valence-electron chi connectivity index (χ1n) is 14.3. The van der Waals surface area contributed by atoms with E-state index < -0.39 is 25.6 Å². The van der Waals surface area contributed by atoms with Crippen molar-refractivity contribution in [2.75, 3.05) is 31.6 Å². The predicted octanol–water partition coefficient (Wildman–Crippen LogP) is 7.72. The number of esters is 1. The fourth-order valence-corrected chi connectivity index (χ4v) is 6.07. The van der Waals surface area contributed by atoms with E-state index in [4.69, 9.17) is 37.0 Å². The van der Waals surface area contributed by atoms with Gasteiger partial charge in [-0.2, -0.15) is 5.09 Å². The van der Waals surface area contributed by atoms with E-state index in [-0.39, 0.29) is 29.5 Å². The Labute approximate surface area is 263 Å². The van der Waals surface area contributed by atoms with E-state index in [2.05, 4.69) is 27.2 Å². The van der Waals surface area contributed by atoms with Crippen LogP contribution in [-0.2, 0) is 18.6 Å². The smallest absolute Gasteiger partial charge is 0.459 e. The fraction of sp³-hybridized carbons (Fsp3) is 0.467. The van der Waals surface area contributed by atoms with Gasteiger partial charge in [-0.05, 0) is 90.0 Å². The number of rotatable bonds is 17. The number of nitrogens with zero attached hydrogens (tertiary/aromatic N) is 2. The Hall–Kier alpha value is -2.46. The lowest BCUT2D eigenvalue weighted by Gasteiger charge is -2.25. The number of nitrogens with one attached hydrogen (secondary N) is 2. The first-order valence-corrected chi connectivity index (χ1v) is 16.6. The molecule has 1 heterocycles. The lowest BCUT2D eigenvalue weighted by Crippen LogP contribution is -2.37. The summed E-state index contributed by atoms with van der Waals surface area (Å²) in [7, 11) is -4.11. The molecule has 0 amide bonds. The molecule has 3 rings (SSSR count). The van der Waals surface area contributed by atoms with E-state index in [0.717, 1.165) is 48.6 Å². The first kappa shape index (κ1) is 35.0. The van der Waals surface area contributed by atoms with E-state index in [0.29, 0.717) is 11.6 Å². The molecule has 0 saturated carbocycles. The Morgan fingerprint density at radius 3 is 2.56 bits per heavy atom. The molecule has 0 fully saturated rings. The molecule has 3 atom stereocenters. The van der Waals surface area contributed by atoms with Gasteiger partial charge in [0.25, 0.3) is 0 Å². The molecule has 0 aliphatic rings. The Bertz CT molecular complexity index is 1420. The number of hydrogen-bond donors (Lipinski definition) is 2. The lowest BCUT2D eigenvalue weighted by atomic mass is 10.1. The highest BCUT2D eigenvalue weighted by Crippen LogP contribution is 2.45. The molecular weight excluding hydrogens is 617 g/mol. The molecule has 0 radical (unpaired) electrons. The summed E-state index contributed by atoms with van der Waals surface area (Å²) in [5.74, 6) is -1.41. The molecule has 0 bridgehead atoms. The summed E-state index contributed by atoms with van der Waals surface area (Å²) in [6.45, 7) is 11.1. The number of halogens is 3. The Morgan fingerprint density at radius 1 is 1.09 bits per heavy atom. The molecule has 3 aromatic rings. The number of likely N-dealkylation sites (N-methyl/N-ethyl adjacent to an activating group) is 1. The van der Waals surface area contributed by atoms with Crippen LogP contribution in [0.3, 0.4) is 0 Å². The van der Waals surface area contributed by atoms with Crippen LogP contribution in [0.25, 0.3) is 10.9 Å². The lowest BCUT2D eigenvalue weighted by molar-refractivity contribution is -0.149. The van der Waals surface area contributed by atoms with Crippen molar-refractivity contribution in [3.05, 3.63) is 64.5 Å². The maximum Gasteiger partial charge on any atom is 0.459 e. The third kappa shape index (κ3) is 11.2. The van der Waals surface area contributed by atoms with Crippen molar-refractivity contribution in [1.29, 1.82) is 0 Å². The molecule has 0 aliphatic heterocycles. The van der Waals surface area contributed by atoms with Crippen molar-refractivity contribution in [3.63, 3.8) is 0 Å². The van der Waals surface area contributed by atoms with Gasteiger partial charge in [-0.25, -0.2) is 8.96 Å². The number of aromatic nitrogens is 1. The van der Waals surface area contributed by atoms with Gasteiger partial charge >= 0.3 is 13.7 Å². The summed E-state index contributed by atoms with van der Waals surface area (Å²) >= 11 is 11.9. The predicted molar refractivity (Wildman–Crippen MR) is 171 cm³/mol. The third-order valence-electron chi connectivity index (χ3n) is 6.51.